The summed E-state index contributed by atoms with van der Waals surface area (Å²) in [6.45, 7) is 5.57. The standard InChI is InChI=1S/C18H17BrClN3O3S/c1-8-14(19)9(2)23(22-8)10(3)17(24)21-11-5-6-12-13(7-11)27-16(15(12)20)18(25)26-4/h5-7,10H,1-4H3,(H,21,24). The summed E-state index contributed by atoms with van der Waals surface area (Å²) in [7, 11) is 1.31. The van der Waals surface area contributed by atoms with Gasteiger partial charge in [-0.25, -0.2) is 4.79 Å². The highest BCUT2D eigenvalue weighted by Crippen LogP contribution is 2.37. The van der Waals surface area contributed by atoms with Crippen molar-refractivity contribution in [3.8, 4) is 0 Å². The highest BCUT2D eigenvalue weighted by atomic mass is 79.9. The number of thiophene rings is 1. The van der Waals surface area contributed by atoms with E-state index in [9.17, 15) is 9.59 Å². The molecule has 2 aromatic heterocycles. The van der Waals surface area contributed by atoms with Crippen LogP contribution in [0.1, 0.15) is 34.0 Å². The molecule has 3 rings (SSSR count). The number of aromatic nitrogens is 2. The third-order valence-corrected chi connectivity index (χ3v) is 7.04. The van der Waals surface area contributed by atoms with Crippen molar-refractivity contribution in [3.63, 3.8) is 0 Å². The van der Waals surface area contributed by atoms with E-state index in [0.29, 0.717) is 15.6 Å². The molecule has 2 heterocycles. The molecule has 0 aliphatic carbocycles. The molecular formula is C18H17BrClN3O3S. The number of aryl methyl sites for hydroxylation is 1. The number of carbonyl (C=O) groups is 2. The van der Waals surface area contributed by atoms with Crippen molar-refractivity contribution in [1.29, 1.82) is 0 Å². The van der Waals surface area contributed by atoms with Gasteiger partial charge in [-0.05, 0) is 54.9 Å². The molecular weight excluding hydrogens is 454 g/mol. The zero-order valence-corrected chi connectivity index (χ0v) is 18.3. The van der Waals surface area contributed by atoms with Gasteiger partial charge in [0.05, 0.1) is 28.0 Å². The molecule has 9 heteroatoms. The zero-order chi connectivity index (χ0) is 19.9. The molecule has 0 saturated carbocycles. The molecule has 0 spiro atoms. The number of anilines is 1. The maximum absolute atomic E-state index is 12.7. The lowest BCUT2D eigenvalue weighted by Gasteiger charge is -2.14. The van der Waals surface area contributed by atoms with Crippen molar-refractivity contribution < 1.29 is 14.3 Å². The number of hydrogen-bond acceptors (Lipinski definition) is 5. The van der Waals surface area contributed by atoms with E-state index in [0.717, 1.165) is 25.9 Å². The number of carbonyl (C=O) groups excluding carboxylic acids is 2. The van der Waals surface area contributed by atoms with Gasteiger partial charge in [0.1, 0.15) is 10.9 Å². The first-order valence-electron chi connectivity index (χ1n) is 8.07. The van der Waals surface area contributed by atoms with Crippen LogP contribution in [0.5, 0.6) is 0 Å². The molecule has 1 amide bonds. The second-order valence-electron chi connectivity index (χ2n) is 6.04. The van der Waals surface area contributed by atoms with E-state index in [2.05, 4.69) is 26.3 Å². The van der Waals surface area contributed by atoms with Crippen LogP contribution in [0.15, 0.2) is 22.7 Å². The van der Waals surface area contributed by atoms with Crippen LogP contribution in [0.3, 0.4) is 0 Å². The van der Waals surface area contributed by atoms with Crippen molar-refractivity contribution in [1.82, 2.24) is 9.78 Å². The lowest BCUT2D eigenvalue weighted by atomic mass is 10.2. The molecule has 1 unspecified atom stereocenters. The maximum Gasteiger partial charge on any atom is 0.349 e. The van der Waals surface area contributed by atoms with Crippen LogP contribution in [0.4, 0.5) is 5.69 Å². The fourth-order valence-corrected chi connectivity index (χ4v) is 4.47. The summed E-state index contributed by atoms with van der Waals surface area (Å²) in [5, 5.41) is 8.41. The summed E-state index contributed by atoms with van der Waals surface area (Å²) in [5.74, 6) is -0.668. The van der Waals surface area contributed by atoms with Crippen molar-refractivity contribution in [2.75, 3.05) is 12.4 Å². The summed E-state index contributed by atoms with van der Waals surface area (Å²) >= 11 is 11.0. The van der Waals surface area contributed by atoms with Gasteiger partial charge in [-0.3, -0.25) is 9.48 Å². The third kappa shape index (κ3) is 3.61. The molecule has 1 aromatic carbocycles. The van der Waals surface area contributed by atoms with Gasteiger partial charge >= 0.3 is 5.97 Å². The van der Waals surface area contributed by atoms with Gasteiger partial charge in [0.25, 0.3) is 0 Å². The number of esters is 1. The van der Waals surface area contributed by atoms with E-state index in [1.54, 1.807) is 29.8 Å². The van der Waals surface area contributed by atoms with Gasteiger partial charge in [-0.2, -0.15) is 5.10 Å². The van der Waals surface area contributed by atoms with Crippen LogP contribution in [0, 0.1) is 13.8 Å². The number of nitrogens with one attached hydrogen (secondary N) is 1. The first-order valence-corrected chi connectivity index (χ1v) is 10.1. The first kappa shape index (κ1) is 19.9. The highest BCUT2D eigenvalue weighted by Gasteiger charge is 2.21. The number of rotatable bonds is 4. The van der Waals surface area contributed by atoms with E-state index in [-0.39, 0.29) is 5.91 Å². The Balaban J connectivity index is 1.86. The second-order valence-corrected chi connectivity index (χ2v) is 8.27. The summed E-state index contributed by atoms with van der Waals surface area (Å²) in [4.78, 5) is 24.8. The number of benzene rings is 1. The maximum atomic E-state index is 12.7. The number of hydrogen-bond donors (Lipinski definition) is 1. The predicted molar refractivity (Wildman–Crippen MR) is 111 cm³/mol. The lowest BCUT2D eigenvalue weighted by molar-refractivity contribution is -0.119. The molecule has 142 valence electrons. The van der Waals surface area contributed by atoms with Crippen molar-refractivity contribution in [3.05, 3.63) is 44.0 Å². The minimum Gasteiger partial charge on any atom is -0.465 e. The molecule has 0 radical (unpaired) electrons. The Labute approximate surface area is 173 Å². The van der Waals surface area contributed by atoms with E-state index < -0.39 is 12.0 Å². The molecule has 1 N–H and O–H groups in total. The number of methoxy groups -OCH3 is 1. The Bertz CT molecular complexity index is 1060. The van der Waals surface area contributed by atoms with Crippen LogP contribution >= 0.6 is 38.9 Å². The fraction of sp³-hybridized carbons (Fsp3) is 0.278. The zero-order valence-electron chi connectivity index (χ0n) is 15.1. The minimum atomic E-state index is -0.483. The minimum absolute atomic E-state index is 0.191. The molecule has 6 nitrogen and oxygen atoms in total. The Morgan fingerprint density at radius 2 is 2.07 bits per heavy atom. The van der Waals surface area contributed by atoms with Crippen LogP contribution in [0.2, 0.25) is 5.02 Å². The monoisotopic (exact) mass is 469 g/mol. The summed E-state index contributed by atoms with van der Waals surface area (Å²) in [6, 6.07) is 4.84. The normalized spacial score (nSPS) is 12.2. The van der Waals surface area contributed by atoms with Crippen molar-refractivity contribution in [2.24, 2.45) is 0 Å². The predicted octanol–water partition coefficient (Wildman–Crippen LogP) is 5.12. The molecule has 1 atom stereocenters. The van der Waals surface area contributed by atoms with Crippen LogP contribution in [-0.2, 0) is 9.53 Å². The summed E-state index contributed by atoms with van der Waals surface area (Å²) in [5.41, 5.74) is 2.34. The van der Waals surface area contributed by atoms with Gasteiger partial charge in [0, 0.05) is 15.8 Å². The van der Waals surface area contributed by atoms with E-state index in [1.807, 2.05) is 13.8 Å². The molecule has 0 fully saturated rings. The Morgan fingerprint density at radius 3 is 2.67 bits per heavy atom. The molecule has 0 bridgehead atoms. The number of amides is 1. The number of ether oxygens (including phenoxy) is 1. The van der Waals surface area contributed by atoms with E-state index >= 15 is 0 Å². The number of fused-ring (bicyclic) bond motifs is 1. The van der Waals surface area contributed by atoms with Gasteiger partial charge < -0.3 is 10.1 Å². The second kappa shape index (κ2) is 7.61. The van der Waals surface area contributed by atoms with E-state index in [1.165, 1.54) is 18.4 Å². The van der Waals surface area contributed by atoms with Gasteiger partial charge in [-0.1, -0.05) is 11.6 Å². The molecule has 0 saturated heterocycles. The van der Waals surface area contributed by atoms with Crippen LogP contribution in [0.25, 0.3) is 10.1 Å². The Morgan fingerprint density at radius 1 is 1.37 bits per heavy atom. The van der Waals surface area contributed by atoms with Gasteiger partial charge in [0.2, 0.25) is 5.91 Å². The van der Waals surface area contributed by atoms with Crippen molar-refractivity contribution in [2.45, 2.75) is 26.8 Å². The van der Waals surface area contributed by atoms with Gasteiger partial charge in [0.15, 0.2) is 0 Å². The topological polar surface area (TPSA) is 73.2 Å². The summed E-state index contributed by atoms with van der Waals surface area (Å²) < 4.78 is 8.12. The first-order chi connectivity index (χ1) is 12.7. The van der Waals surface area contributed by atoms with Crippen LogP contribution in [-0.4, -0.2) is 28.8 Å². The lowest BCUT2D eigenvalue weighted by Crippen LogP contribution is -2.25. The Hall–Kier alpha value is -1.90. The largest absolute Gasteiger partial charge is 0.465 e. The van der Waals surface area contributed by atoms with Crippen LogP contribution < -0.4 is 5.32 Å². The average Bonchev–Trinajstić information content (AvgIpc) is 3.11. The SMILES string of the molecule is COC(=O)c1sc2cc(NC(=O)C(C)n3nc(C)c(Br)c3C)ccc2c1Cl. The Kier molecular flexibility index (Phi) is 5.60. The fourth-order valence-electron chi connectivity index (χ4n) is 2.74. The smallest absolute Gasteiger partial charge is 0.349 e. The quantitative estimate of drug-likeness (QED) is 0.537. The number of nitrogens with zero attached hydrogens (tertiary/aromatic N) is 2. The highest BCUT2D eigenvalue weighted by molar-refractivity contribution is 9.10. The third-order valence-electron chi connectivity index (χ3n) is 4.25. The molecule has 27 heavy (non-hydrogen) atoms. The average molecular weight is 471 g/mol. The van der Waals surface area contributed by atoms with E-state index in [4.69, 9.17) is 16.3 Å². The summed E-state index contributed by atoms with van der Waals surface area (Å²) in [6.07, 6.45) is 0. The van der Waals surface area contributed by atoms with Crippen molar-refractivity contribution >= 4 is 66.5 Å². The molecule has 3 aromatic rings. The van der Waals surface area contributed by atoms with Gasteiger partial charge in [-0.15, -0.1) is 11.3 Å². The molecule has 0 aliphatic rings. The number of halogens is 2. The molecule has 0 aliphatic heterocycles.